The molecule has 0 aromatic heterocycles. The predicted octanol–water partition coefficient (Wildman–Crippen LogP) is 2.12. The molecule has 0 saturated carbocycles. The van der Waals surface area contributed by atoms with Crippen molar-refractivity contribution < 1.29 is 8.78 Å². The quantitative estimate of drug-likeness (QED) is 0.760. The summed E-state index contributed by atoms with van der Waals surface area (Å²) in [5.74, 6) is -1.03. The number of halogens is 2. The van der Waals surface area contributed by atoms with Crippen molar-refractivity contribution in [1.29, 1.82) is 0 Å². The lowest BCUT2D eigenvalue weighted by Crippen LogP contribution is -2.23. The molecule has 0 amide bonds. The molecule has 72 valence electrons. The molecule has 3 heteroatoms. The number of rotatable bonds is 3. The highest BCUT2D eigenvalue weighted by Crippen LogP contribution is 2.09. The van der Waals surface area contributed by atoms with Gasteiger partial charge in [-0.15, -0.1) is 0 Å². The monoisotopic (exact) mass is 185 g/mol. The number of nitrogens with one attached hydrogen (secondary N) is 1. The highest BCUT2D eigenvalue weighted by molar-refractivity contribution is 5.18. The molecule has 0 spiro atoms. The third kappa shape index (κ3) is 3.11. The van der Waals surface area contributed by atoms with Crippen LogP contribution in [0, 0.1) is 11.6 Å². The first-order valence-corrected chi connectivity index (χ1v) is 4.24. The van der Waals surface area contributed by atoms with E-state index in [9.17, 15) is 8.78 Å². The summed E-state index contributed by atoms with van der Waals surface area (Å²) in [4.78, 5) is 0. The maximum atomic E-state index is 12.7. The SMILES string of the molecule is CNC(C)Cc1cc(F)cc(F)c1. The standard InChI is InChI=1S/C10H13F2N/c1-7(13-2)3-8-4-9(11)6-10(12)5-8/h4-7,13H,3H2,1-2H3. The lowest BCUT2D eigenvalue weighted by atomic mass is 10.1. The molecule has 0 aliphatic heterocycles. The Balaban J connectivity index is 2.77. The van der Waals surface area contributed by atoms with Crippen molar-refractivity contribution in [3.8, 4) is 0 Å². The number of hydrogen-bond donors (Lipinski definition) is 1. The molecular weight excluding hydrogens is 172 g/mol. The zero-order valence-electron chi connectivity index (χ0n) is 7.77. The topological polar surface area (TPSA) is 12.0 Å². The maximum Gasteiger partial charge on any atom is 0.126 e. The van der Waals surface area contributed by atoms with Crippen LogP contribution in [0.25, 0.3) is 0 Å². The first kappa shape index (κ1) is 10.1. The van der Waals surface area contributed by atoms with E-state index < -0.39 is 11.6 Å². The molecule has 1 unspecified atom stereocenters. The number of likely N-dealkylation sites (N-methyl/N-ethyl adjacent to an activating group) is 1. The van der Waals surface area contributed by atoms with Gasteiger partial charge in [0.2, 0.25) is 0 Å². The Hall–Kier alpha value is -0.960. The minimum Gasteiger partial charge on any atom is -0.317 e. The summed E-state index contributed by atoms with van der Waals surface area (Å²) < 4.78 is 25.4. The fraction of sp³-hybridized carbons (Fsp3) is 0.400. The molecule has 1 aromatic carbocycles. The Bertz CT molecular complexity index is 266. The van der Waals surface area contributed by atoms with Gasteiger partial charge in [-0.3, -0.25) is 0 Å². The van der Waals surface area contributed by atoms with Gasteiger partial charge in [0.15, 0.2) is 0 Å². The maximum absolute atomic E-state index is 12.7. The van der Waals surface area contributed by atoms with Gasteiger partial charge in [0, 0.05) is 12.1 Å². The van der Waals surface area contributed by atoms with E-state index in [1.807, 2.05) is 14.0 Å². The Kier molecular flexibility index (Phi) is 3.37. The average molecular weight is 185 g/mol. The van der Waals surface area contributed by atoms with Crippen LogP contribution in [0.3, 0.4) is 0 Å². The third-order valence-corrected chi connectivity index (χ3v) is 1.96. The average Bonchev–Trinajstić information content (AvgIpc) is 2.02. The molecule has 0 radical (unpaired) electrons. The van der Waals surface area contributed by atoms with Crippen molar-refractivity contribution in [2.45, 2.75) is 19.4 Å². The summed E-state index contributed by atoms with van der Waals surface area (Å²) in [6.45, 7) is 1.96. The minimum absolute atomic E-state index is 0.223. The summed E-state index contributed by atoms with van der Waals surface area (Å²) in [5.41, 5.74) is 0.680. The molecule has 0 heterocycles. The van der Waals surface area contributed by atoms with Crippen molar-refractivity contribution in [2.24, 2.45) is 0 Å². The molecule has 0 saturated heterocycles. The predicted molar refractivity (Wildman–Crippen MR) is 48.6 cm³/mol. The summed E-state index contributed by atoms with van der Waals surface area (Å²) in [6.07, 6.45) is 0.630. The number of hydrogen-bond acceptors (Lipinski definition) is 1. The van der Waals surface area contributed by atoms with Crippen LogP contribution in [0.4, 0.5) is 8.78 Å². The molecule has 13 heavy (non-hydrogen) atoms. The van der Waals surface area contributed by atoms with Crippen LogP contribution in [0.5, 0.6) is 0 Å². The van der Waals surface area contributed by atoms with E-state index in [2.05, 4.69) is 5.32 Å². The van der Waals surface area contributed by atoms with Gasteiger partial charge < -0.3 is 5.32 Å². The lowest BCUT2D eigenvalue weighted by molar-refractivity contribution is 0.567. The van der Waals surface area contributed by atoms with Gasteiger partial charge in [0.05, 0.1) is 0 Å². The Morgan fingerprint density at radius 3 is 2.23 bits per heavy atom. The van der Waals surface area contributed by atoms with E-state index >= 15 is 0 Å². The second kappa shape index (κ2) is 4.33. The molecule has 0 aliphatic carbocycles. The summed E-state index contributed by atoms with van der Waals surface area (Å²) >= 11 is 0. The van der Waals surface area contributed by atoms with Crippen LogP contribution in [0.1, 0.15) is 12.5 Å². The van der Waals surface area contributed by atoms with Crippen LogP contribution in [-0.2, 0) is 6.42 Å². The fourth-order valence-corrected chi connectivity index (χ4v) is 1.18. The highest BCUT2D eigenvalue weighted by Gasteiger charge is 2.03. The summed E-state index contributed by atoms with van der Waals surface area (Å²) in [7, 11) is 1.82. The molecule has 1 N–H and O–H groups in total. The molecular formula is C10H13F2N. The third-order valence-electron chi connectivity index (χ3n) is 1.96. The highest BCUT2D eigenvalue weighted by atomic mass is 19.1. The first-order chi connectivity index (χ1) is 6.11. The molecule has 0 fully saturated rings. The van der Waals surface area contributed by atoms with Crippen LogP contribution in [0.2, 0.25) is 0 Å². The first-order valence-electron chi connectivity index (χ1n) is 4.24. The molecule has 1 rings (SSSR count). The van der Waals surface area contributed by atoms with E-state index in [-0.39, 0.29) is 6.04 Å². The largest absolute Gasteiger partial charge is 0.317 e. The normalized spacial score (nSPS) is 12.9. The van der Waals surface area contributed by atoms with Crippen molar-refractivity contribution in [3.63, 3.8) is 0 Å². The minimum atomic E-state index is -0.515. The molecule has 1 nitrogen and oxygen atoms in total. The van der Waals surface area contributed by atoms with Crippen LogP contribution in [0.15, 0.2) is 18.2 Å². The van der Waals surface area contributed by atoms with Gasteiger partial charge in [-0.25, -0.2) is 8.78 Å². The summed E-state index contributed by atoms with van der Waals surface area (Å²) in [5, 5.41) is 3.01. The van der Waals surface area contributed by atoms with E-state index in [4.69, 9.17) is 0 Å². The van der Waals surface area contributed by atoms with Crippen LogP contribution < -0.4 is 5.32 Å². The Morgan fingerprint density at radius 1 is 1.23 bits per heavy atom. The zero-order chi connectivity index (χ0) is 9.84. The molecule has 1 atom stereocenters. The van der Waals surface area contributed by atoms with Crippen LogP contribution >= 0.6 is 0 Å². The molecule has 0 aliphatic rings. The van der Waals surface area contributed by atoms with Crippen molar-refractivity contribution in [3.05, 3.63) is 35.4 Å². The van der Waals surface area contributed by atoms with Gasteiger partial charge in [-0.2, -0.15) is 0 Å². The van der Waals surface area contributed by atoms with Crippen LogP contribution in [-0.4, -0.2) is 13.1 Å². The number of benzene rings is 1. The van der Waals surface area contributed by atoms with Gasteiger partial charge >= 0.3 is 0 Å². The Labute approximate surface area is 76.8 Å². The second-order valence-corrected chi connectivity index (χ2v) is 3.17. The van der Waals surface area contributed by atoms with Crippen molar-refractivity contribution in [1.82, 2.24) is 5.32 Å². The van der Waals surface area contributed by atoms with E-state index in [0.29, 0.717) is 12.0 Å². The molecule has 0 bridgehead atoms. The molecule has 1 aromatic rings. The van der Waals surface area contributed by atoms with Gasteiger partial charge in [-0.1, -0.05) is 0 Å². The zero-order valence-corrected chi connectivity index (χ0v) is 7.77. The van der Waals surface area contributed by atoms with E-state index in [1.165, 1.54) is 12.1 Å². The fourth-order valence-electron chi connectivity index (χ4n) is 1.18. The smallest absolute Gasteiger partial charge is 0.126 e. The van der Waals surface area contributed by atoms with E-state index in [1.54, 1.807) is 0 Å². The second-order valence-electron chi connectivity index (χ2n) is 3.17. The lowest BCUT2D eigenvalue weighted by Gasteiger charge is -2.09. The summed E-state index contributed by atoms with van der Waals surface area (Å²) in [6, 6.07) is 3.82. The van der Waals surface area contributed by atoms with Crippen molar-refractivity contribution in [2.75, 3.05) is 7.05 Å². The van der Waals surface area contributed by atoms with Gasteiger partial charge in [0.25, 0.3) is 0 Å². The van der Waals surface area contributed by atoms with Gasteiger partial charge in [-0.05, 0) is 38.1 Å². The van der Waals surface area contributed by atoms with Gasteiger partial charge in [0.1, 0.15) is 11.6 Å². The van der Waals surface area contributed by atoms with Crippen molar-refractivity contribution >= 4 is 0 Å². The van der Waals surface area contributed by atoms with E-state index in [0.717, 1.165) is 6.07 Å². The Morgan fingerprint density at radius 2 is 1.77 bits per heavy atom.